The van der Waals surface area contributed by atoms with Gasteiger partial charge in [-0.1, -0.05) is 26.3 Å². The average Bonchev–Trinajstić information content (AvgIpc) is 2.98. The molecule has 0 heterocycles. The molecule has 0 aromatic heterocycles. The molecule has 0 radical (unpaired) electrons. The maximum absolute atomic E-state index is 17.3. The van der Waals surface area contributed by atoms with E-state index in [0.717, 1.165) is 12.5 Å². The number of allylic oxidation sites excluding steroid dienone is 4. The molecule has 0 saturated heterocycles. The SMILES string of the molecule is C[C@@H]1C[C@H]2[C@@H]3C[C@H](F)C4=CC(=O)C=C[C@]4(C)[C@@]3(F)[C@@H](O)C[C@]2(C)[C@@]1(OC(=O)C1CCC1)C(=O)SCF. The number of rotatable bonds is 4. The molecule has 0 aliphatic heterocycles. The van der Waals surface area contributed by atoms with Crippen molar-refractivity contribution in [1.82, 2.24) is 0 Å². The zero-order valence-corrected chi connectivity index (χ0v) is 21.6. The first kappa shape index (κ1) is 26.0. The van der Waals surface area contributed by atoms with Crippen LogP contribution in [0.3, 0.4) is 0 Å². The second-order valence-electron chi connectivity index (χ2n) is 11.8. The normalized spacial score (nSPS) is 47.8. The zero-order valence-electron chi connectivity index (χ0n) is 20.8. The van der Waals surface area contributed by atoms with E-state index in [0.29, 0.717) is 24.6 Å². The Bertz CT molecular complexity index is 1060. The molecule has 1 N–H and O–H groups in total. The first-order valence-electron chi connectivity index (χ1n) is 12.8. The fraction of sp³-hybridized carbons (Fsp3) is 0.741. The molecule has 0 unspecified atom stereocenters. The lowest BCUT2D eigenvalue weighted by Crippen LogP contribution is -2.70. The molecule has 0 aromatic rings. The van der Waals surface area contributed by atoms with Gasteiger partial charge in [-0.2, -0.15) is 0 Å². The quantitative estimate of drug-likeness (QED) is 0.529. The van der Waals surface area contributed by atoms with Gasteiger partial charge in [0.1, 0.15) is 12.2 Å². The molecule has 5 rings (SSSR count). The van der Waals surface area contributed by atoms with Crippen LogP contribution in [0.4, 0.5) is 13.2 Å². The molecule has 0 spiro atoms. The van der Waals surface area contributed by atoms with Crippen molar-refractivity contribution in [2.24, 2.45) is 34.5 Å². The Labute approximate surface area is 213 Å². The predicted octanol–water partition coefficient (Wildman–Crippen LogP) is 4.82. The summed E-state index contributed by atoms with van der Waals surface area (Å²) in [6.45, 7) is 4.96. The number of aliphatic hydroxyl groups excluding tert-OH is 1. The lowest BCUT2D eigenvalue weighted by Gasteiger charge is -2.63. The van der Waals surface area contributed by atoms with E-state index >= 15 is 8.78 Å². The Balaban J connectivity index is 1.62. The van der Waals surface area contributed by atoms with Crippen molar-refractivity contribution >= 4 is 28.6 Å². The molecule has 9 atom stereocenters. The van der Waals surface area contributed by atoms with Crippen molar-refractivity contribution in [3.63, 3.8) is 0 Å². The minimum Gasteiger partial charge on any atom is -0.449 e. The smallest absolute Gasteiger partial charge is 0.309 e. The summed E-state index contributed by atoms with van der Waals surface area (Å²) in [6, 6.07) is -1.01. The lowest BCUT2D eigenvalue weighted by molar-refractivity contribution is -0.230. The third kappa shape index (κ3) is 3.10. The number of aliphatic hydroxyl groups is 1. The number of thioether (sulfide) groups is 1. The number of ether oxygens (including phenoxy) is 1. The highest BCUT2D eigenvalue weighted by molar-refractivity contribution is 8.13. The highest BCUT2D eigenvalue weighted by Crippen LogP contribution is 2.72. The van der Waals surface area contributed by atoms with Crippen LogP contribution >= 0.6 is 11.8 Å². The molecule has 0 bridgehead atoms. The molecule has 198 valence electrons. The molecule has 5 nitrogen and oxygen atoms in total. The van der Waals surface area contributed by atoms with Crippen LogP contribution in [0.15, 0.2) is 23.8 Å². The number of hydrogen-bond acceptors (Lipinski definition) is 6. The van der Waals surface area contributed by atoms with Gasteiger partial charge < -0.3 is 9.84 Å². The summed E-state index contributed by atoms with van der Waals surface area (Å²) in [4.78, 5) is 38.7. The van der Waals surface area contributed by atoms with E-state index in [1.165, 1.54) is 19.1 Å². The van der Waals surface area contributed by atoms with E-state index in [1.54, 1.807) is 13.8 Å². The molecule has 0 aromatic carbocycles. The second-order valence-corrected chi connectivity index (χ2v) is 12.7. The van der Waals surface area contributed by atoms with Crippen LogP contribution in [0.2, 0.25) is 0 Å². The van der Waals surface area contributed by atoms with Crippen LogP contribution in [0, 0.1) is 34.5 Å². The van der Waals surface area contributed by atoms with Crippen LogP contribution in [-0.4, -0.2) is 51.5 Å². The summed E-state index contributed by atoms with van der Waals surface area (Å²) in [5, 5.41) is 10.8. The number of esters is 1. The summed E-state index contributed by atoms with van der Waals surface area (Å²) < 4.78 is 52.5. The highest BCUT2D eigenvalue weighted by atomic mass is 32.2. The molecule has 0 amide bonds. The summed E-state index contributed by atoms with van der Waals surface area (Å²) in [6.07, 6.45) is 2.43. The van der Waals surface area contributed by atoms with Gasteiger partial charge in [-0.3, -0.25) is 14.4 Å². The molecule has 5 aliphatic rings. The van der Waals surface area contributed by atoms with Gasteiger partial charge in [-0.25, -0.2) is 13.2 Å². The third-order valence-electron chi connectivity index (χ3n) is 10.4. The Morgan fingerprint density at radius 3 is 2.53 bits per heavy atom. The van der Waals surface area contributed by atoms with E-state index in [2.05, 4.69) is 0 Å². The summed E-state index contributed by atoms with van der Waals surface area (Å²) in [7, 11) is 0. The minimum atomic E-state index is -2.30. The van der Waals surface area contributed by atoms with Crippen LogP contribution in [0.1, 0.15) is 59.3 Å². The van der Waals surface area contributed by atoms with Gasteiger partial charge in [-0.15, -0.1) is 0 Å². The first-order valence-corrected chi connectivity index (χ1v) is 13.8. The highest BCUT2D eigenvalue weighted by Gasteiger charge is 2.78. The minimum absolute atomic E-state index is 0.0224. The average molecular weight is 527 g/mol. The van der Waals surface area contributed by atoms with Gasteiger partial charge in [0.25, 0.3) is 0 Å². The molecule has 4 fully saturated rings. The Hall–Kier alpha value is -1.61. The Morgan fingerprint density at radius 2 is 1.92 bits per heavy atom. The van der Waals surface area contributed by atoms with Crippen molar-refractivity contribution < 1.29 is 37.4 Å². The topological polar surface area (TPSA) is 80.7 Å². The van der Waals surface area contributed by atoms with Crippen molar-refractivity contribution in [2.75, 3.05) is 6.01 Å². The molecular weight excluding hydrogens is 493 g/mol. The van der Waals surface area contributed by atoms with Gasteiger partial charge in [0.2, 0.25) is 5.12 Å². The Kier molecular flexibility index (Phi) is 6.11. The number of carbonyl (C=O) groups excluding carboxylic acids is 3. The standard InChI is InChI=1S/C27H33F3O5S/c1-14-9-17-18-11-20(29)19-10-16(31)7-8-24(19,2)26(18,30)21(32)12-25(17,3)27(14,23(34)36-13-28)35-22(33)15-5-4-6-15/h7-8,10,14-15,17-18,20-21,32H,4-6,9,11-13H2,1-3H3/t14-,17+,18+,20+,21+,24+,25+,26+,27+/m1/s1. The van der Waals surface area contributed by atoms with E-state index in [1.807, 2.05) is 0 Å². The van der Waals surface area contributed by atoms with E-state index in [-0.39, 0.29) is 30.8 Å². The van der Waals surface area contributed by atoms with Gasteiger partial charge in [-0.05, 0) is 74.4 Å². The van der Waals surface area contributed by atoms with E-state index < -0.39 is 75.0 Å². The largest absolute Gasteiger partial charge is 0.449 e. The Morgan fingerprint density at radius 1 is 1.22 bits per heavy atom. The van der Waals surface area contributed by atoms with Gasteiger partial charge in [0.05, 0.1) is 12.0 Å². The summed E-state index contributed by atoms with van der Waals surface area (Å²) >= 11 is 0.423. The fourth-order valence-corrected chi connectivity index (χ4v) is 9.05. The predicted molar refractivity (Wildman–Crippen MR) is 128 cm³/mol. The molecular formula is C27H33F3O5S. The van der Waals surface area contributed by atoms with Crippen molar-refractivity contribution in [3.05, 3.63) is 23.8 Å². The van der Waals surface area contributed by atoms with E-state index in [9.17, 15) is 23.9 Å². The number of ketones is 1. The summed E-state index contributed by atoms with van der Waals surface area (Å²) in [5.41, 5.74) is -6.80. The molecule has 5 aliphatic carbocycles. The number of carbonyl (C=O) groups is 3. The van der Waals surface area contributed by atoms with Crippen LogP contribution in [0.5, 0.6) is 0 Å². The van der Waals surface area contributed by atoms with E-state index in [4.69, 9.17) is 4.74 Å². The molecule has 36 heavy (non-hydrogen) atoms. The monoisotopic (exact) mass is 526 g/mol. The second kappa shape index (κ2) is 8.45. The van der Waals surface area contributed by atoms with Crippen LogP contribution in [0.25, 0.3) is 0 Å². The maximum atomic E-state index is 17.3. The third-order valence-corrected chi connectivity index (χ3v) is 11.0. The van der Waals surface area contributed by atoms with Gasteiger partial charge >= 0.3 is 5.97 Å². The fourth-order valence-electron chi connectivity index (χ4n) is 8.26. The van der Waals surface area contributed by atoms with Gasteiger partial charge in [0, 0.05) is 22.7 Å². The van der Waals surface area contributed by atoms with Crippen LogP contribution < -0.4 is 0 Å². The maximum Gasteiger partial charge on any atom is 0.309 e. The first-order chi connectivity index (χ1) is 16.9. The number of hydrogen-bond donors (Lipinski definition) is 1. The lowest BCUT2D eigenvalue weighted by atomic mass is 9.44. The van der Waals surface area contributed by atoms with Crippen LogP contribution in [-0.2, 0) is 19.1 Å². The number of alkyl halides is 3. The number of fused-ring (bicyclic) bond motifs is 5. The zero-order chi connectivity index (χ0) is 26.3. The molecule has 9 heteroatoms. The van der Waals surface area contributed by atoms with Crippen molar-refractivity contribution in [1.29, 1.82) is 0 Å². The van der Waals surface area contributed by atoms with Crippen molar-refractivity contribution in [2.45, 2.75) is 82.8 Å². The number of halogens is 3. The summed E-state index contributed by atoms with van der Waals surface area (Å²) in [5.74, 6) is -3.48. The molecule has 4 saturated carbocycles. The van der Waals surface area contributed by atoms with Crippen molar-refractivity contribution in [3.8, 4) is 0 Å². The van der Waals surface area contributed by atoms with Gasteiger partial charge in [0.15, 0.2) is 17.1 Å².